The Hall–Kier alpha value is -2.07. The minimum Gasteiger partial charge on any atom is -0.298 e. The van der Waals surface area contributed by atoms with Crippen molar-refractivity contribution in [2.75, 3.05) is 5.32 Å². The zero-order chi connectivity index (χ0) is 18.2. The number of benzene rings is 1. The van der Waals surface area contributed by atoms with Gasteiger partial charge in [-0.2, -0.15) is 0 Å². The fourth-order valence-electron chi connectivity index (χ4n) is 2.25. The molecular weight excluding hydrogens is 378 g/mol. The summed E-state index contributed by atoms with van der Waals surface area (Å²) >= 11 is 2.89. The Labute approximate surface area is 153 Å². The highest BCUT2D eigenvalue weighted by molar-refractivity contribution is 7.89. The molecule has 0 aliphatic carbocycles. The van der Waals surface area contributed by atoms with Crippen molar-refractivity contribution < 1.29 is 13.2 Å². The first-order valence-corrected chi connectivity index (χ1v) is 10.5. The van der Waals surface area contributed by atoms with Crippen LogP contribution in [-0.2, 0) is 10.0 Å². The maximum atomic E-state index is 12.5. The highest BCUT2D eigenvalue weighted by atomic mass is 32.2. The van der Waals surface area contributed by atoms with Crippen molar-refractivity contribution in [1.82, 2.24) is 4.98 Å². The number of carbonyl (C=O) groups is 1. The lowest BCUT2D eigenvalue weighted by molar-refractivity contribution is 0.102. The van der Waals surface area contributed by atoms with E-state index in [1.807, 2.05) is 24.4 Å². The average molecular weight is 394 g/mol. The second-order valence-electron chi connectivity index (χ2n) is 5.45. The van der Waals surface area contributed by atoms with E-state index in [1.165, 1.54) is 28.3 Å². The van der Waals surface area contributed by atoms with E-state index in [4.69, 9.17) is 5.14 Å². The van der Waals surface area contributed by atoms with Crippen molar-refractivity contribution in [2.24, 2.45) is 5.14 Å². The standard InChI is InChI=1S/C16H15N3O3S3/c1-9-3-6-14(25(17,21)22)11(7-9)15(20)19-16-18-12(8-23-16)13-5-4-10(2)24-13/h3-8H,1-2H3,(H2,17,21,22)(H,18,19,20). The van der Waals surface area contributed by atoms with Gasteiger partial charge in [-0.3, -0.25) is 10.1 Å². The van der Waals surface area contributed by atoms with E-state index >= 15 is 0 Å². The number of sulfonamides is 1. The van der Waals surface area contributed by atoms with Gasteiger partial charge in [0, 0.05) is 10.3 Å². The Kier molecular flexibility index (Phi) is 4.74. The van der Waals surface area contributed by atoms with E-state index in [0.717, 1.165) is 16.1 Å². The first-order valence-electron chi connectivity index (χ1n) is 7.21. The molecule has 9 heteroatoms. The van der Waals surface area contributed by atoms with Crippen LogP contribution in [0.3, 0.4) is 0 Å². The molecule has 25 heavy (non-hydrogen) atoms. The Bertz CT molecular complexity index is 1050. The quantitative estimate of drug-likeness (QED) is 0.709. The summed E-state index contributed by atoms with van der Waals surface area (Å²) in [6, 6.07) is 8.40. The van der Waals surface area contributed by atoms with Crippen LogP contribution in [0.4, 0.5) is 5.13 Å². The topological polar surface area (TPSA) is 102 Å². The molecule has 2 aromatic heterocycles. The van der Waals surface area contributed by atoms with Crippen molar-refractivity contribution in [3.63, 3.8) is 0 Å². The number of amides is 1. The van der Waals surface area contributed by atoms with Gasteiger partial charge in [0.05, 0.1) is 21.0 Å². The number of thiazole rings is 1. The number of nitrogens with two attached hydrogens (primary N) is 1. The second-order valence-corrected chi connectivity index (χ2v) is 9.12. The number of anilines is 1. The van der Waals surface area contributed by atoms with Crippen LogP contribution in [0.5, 0.6) is 0 Å². The largest absolute Gasteiger partial charge is 0.298 e. The maximum Gasteiger partial charge on any atom is 0.258 e. The number of aromatic nitrogens is 1. The normalized spacial score (nSPS) is 11.5. The van der Waals surface area contributed by atoms with Crippen LogP contribution >= 0.6 is 22.7 Å². The predicted octanol–water partition coefficient (Wildman–Crippen LogP) is 3.39. The molecule has 0 aliphatic heterocycles. The molecule has 6 nitrogen and oxygen atoms in total. The van der Waals surface area contributed by atoms with Crippen LogP contribution in [0.25, 0.3) is 10.6 Å². The van der Waals surface area contributed by atoms with Gasteiger partial charge in [0.1, 0.15) is 0 Å². The van der Waals surface area contributed by atoms with Crippen molar-refractivity contribution in [3.05, 3.63) is 51.7 Å². The third-order valence-corrected chi connectivity index (χ3v) is 6.15. The monoisotopic (exact) mass is 393 g/mol. The number of thiophene rings is 1. The summed E-state index contributed by atoms with van der Waals surface area (Å²) in [5, 5.41) is 10.1. The summed E-state index contributed by atoms with van der Waals surface area (Å²) in [4.78, 5) is 18.9. The van der Waals surface area contributed by atoms with E-state index in [-0.39, 0.29) is 10.5 Å². The van der Waals surface area contributed by atoms with Gasteiger partial charge in [-0.1, -0.05) is 11.6 Å². The van der Waals surface area contributed by atoms with Gasteiger partial charge >= 0.3 is 0 Å². The van der Waals surface area contributed by atoms with Gasteiger partial charge in [-0.25, -0.2) is 18.5 Å². The molecule has 1 aromatic carbocycles. The highest BCUT2D eigenvalue weighted by Crippen LogP contribution is 2.30. The van der Waals surface area contributed by atoms with Crippen LogP contribution in [-0.4, -0.2) is 19.3 Å². The number of hydrogen-bond acceptors (Lipinski definition) is 6. The third kappa shape index (κ3) is 3.96. The molecule has 130 valence electrons. The smallest absolute Gasteiger partial charge is 0.258 e. The van der Waals surface area contributed by atoms with E-state index < -0.39 is 15.9 Å². The molecule has 2 heterocycles. The lowest BCUT2D eigenvalue weighted by Crippen LogP contribution is -2.20. The van der Waals surface area contributed by atoms with Crippen molar-refractivity contribution in [1.29, 1.82) is 0 Å². The molecule has 1 amide bonds. The molecule has 3 N–H and O–H groups in total. The van der Waals surface area contributed by atoms with Gasteiger partial charge in [0.25, 0.3) is 5.91 Å². The first kappa shape index (κ1) is 17.7. The van der Waals surface area contributed by atoms with Crippen LogP contribution < -0.4 is 10.5 Å². The molecule has 0 bridgehead atoms. The van der Waals surface area contributed by atoms with Gasteiger partial charge in [0.2, 0.25) is 10.0 Å². The predicted molar refractivity (Wildman–Crippen MR) is 101 cm³/mol. The van der Waals surface area contributed by atoms with Crippen molar-refractivity contribution >= 4 is 43.7 Å². The van der Waals surface area contributed by atoms with E-state index in [2.05, 4.69) is 10.3 Å². The number of primary sulfonamides is 1. The zero-order valence-electron chi connectivity index (χ0n) is 13.4. The molecule has 0 unspecified atom stereocenters. The molecule has 0 fully saturated rings. The molecule has 0 saturated carbocycles. The molecule has 0 atom stereocenters. The third-order valence-electron chi connectivity index (χ3n) is 3.40. The van der Waals surface area contributed by atoms with Crippen LogP contribution in [0.2, 0.25) is 0 Å². The zero-order valence-corrected chi connectivity index (χ0v) is 15.9. The van der Waals surface area contributed by atoms with Crippen molar-refractivity contribution in [3.8, 4) is 10.6 Å². The number of hydrogen-bond donors (Lipinski definition) is 2. The van der Waals surface area contributed by atoms with E-state index in [9.17, 15) is 13.2 Å². The first-order chi connectivity index (χ1) is 11.7. The van der Waals surface area contributed by atoms with Gasteiger partial charge in [0.15, 0.2) is 5.13 Å². The van der Waals surface area contributed by atoms with Gasteiger partial charge in [-0.15, -0.1) is 22.7 Å². The van der Waals surface area contributed by atoms with Crippen LogP contribution in [0.15, 0.2) is 40.6 Å². The van der Waals surface area contributed by atoms with Crippen LogP contribution in [0.1, 0.15) is 20.8 Å². The van der Waals surface area contributed by atoms with Crippen molar-refractivity contribution in [2.45, 2.75) is 18.7 Å². The molecule has 0 radical (unpaired) electrons. The summed E-state index contributed by atoms with van der Waals surface area (Å²) in [6.45, 7) is 3.78. The lowest BCUT2D eigenvalue weighted by atomic mass is 10.1. The SMILES string of the molecule is Cc1ccc(S(N)(=O)=O)c(C(=O)Nc2nc(-c3ccc(C)s3)cs2)c1. The van der Waals surface area contributed by atoms with Crippen LogP contribution in [0, 0.1) is 13.8 Å². The molecule has 0 spiro atoms. The summed E-state index contributed by atoms with van der Waals surface area (Å²) in [6.07, 6.45) is 0. The number of aryl methyl sites for hydroxylation is 2. The minimum atomic E-state index is -4.00. The fourth-order valence-corrected chi connectivity index (χ4v) is 4.57. The van der Waals surface area contributed by atoms with Gasteiger partial charge in [-0.05, 0) is 38.1 Å². The van der Waals surface area contributed by atoms with Gasteiger partial charge < -0.3 is 0 Å². The maximum absolute atomic E-state index is 12.5. The molecule has 3 rings (SSSR count). The Morgan fingerprint density at radius 3 is 2.60 bits per heavy atom. The molecule has 0 saturated heterocycles. The summed E-state index contributed by atoms with van der Waals surface area (Å²) < 4.78 is 23.4. The molecule has 0 aliphatic rings. The highest BCUT2D eigenvalue weighted by Gasteiger charge is 2.20. The molecule has 3 aromatic rings. The average Bonchev–Trinajstić information content (AvgIpc) is 3.14. The summed E-state index contributed by atoms with van der Waals surface area (Å²) in [5.41, 5.74) is 1.53. The Balaban J connectivity index is 1.89. The number of rotatable bonds is 4. The minimum absolute atomic E-state index is 0.00576. The Morgan fingerprint density at radius 2 is 1.96 bits per heavy atom. The fraction of sp³-hybridized carbons (Fsp3) is 0.125. The second kappa shape index (κ2) is 6.68. The van der Waals surface area contributed by atoms with E-state index in [0.29, 0.717) is 5.13 Å². The number of carbonyl (C=O) groups excluding carboxylic acids is 1. The number of nitrogens with one attached hydrogen (secondary N) is 1. The summed E-state index contributed by atoms with van der Waals surface area (Å²) in [7, 11) is -4.00. The lowest BCUT2D eigenvalue weighted by Gasteiger charge is -2.08. The summed E-state index contributed by atoms with van der Waals surface area (Å²) in [5.74, 6) is -0.559. The van der Waals surface area contributed by atoms with E-state index in [1.54, 1.807) is 24.3 Å². The molecular formula is C16H15N3O3S3. The number of nitrogens with zero attached hydrogens (tertiary/aromatic N) is 1. The Morgan fingerprint density at radius 1 is 1.20 bits per heavy atom.